The summed E-state index contributed by atoms with van der Waals surface area (Å²) in [6.45, 7) is 0. The fourth-order valence-corrected chi connectivity index (χ4v) is 2.06. The minimum Gasteiger partial charge on any atom is -0.389 e. The molecule has 1 amide bonds. The van der Waals surface area contributed by atoms with Gasteiger partial charge >= 0.3 is 0 Å². The highest BCUT2D eigenvalue weighted by atomic mass is 79.9. The van der Waals surface area contributed by atoms with Crippen LogP contribution in [0.4, 0.5) is 10.1 Å². The number of nitrogens with two attached hydrogens (primary N) is 1. The van der Waals surface area contributed by atoms with Crippen LogP contribution in [0.1, 0.15) is 15.9 Å². The van der Waals surface area contributed by atoms with Gasteiger partial charge in [0.1, 0.15) is 10.8 Å². The van der Waals surface area contributed by atoms with Gasteiger partial charge in [0.15, 0.2) is 0 Å². The minimum absolute atomic E-state index is 0.0237. The molecule has 6 heteroatoms. The van der Waals surface area contributed by atoms with E-state index in [1.165, 1.54) is 18.2 Å². The van der Waals surface area contributed by atoms with Crippen molar-refractivity contribution < 1.29 is 9.18 Å². The highest BCUT2D eigenvalue weighted by molar-refractivity contribution is 9.10. The average Bonchev–Trinajstić information content (AvgIpc) is 2.41. The molecule has 3 nitrogen and oxygen atoms in total. The van der Waals surface area contributed by atoms with Crippen molar-refractivity contribution >= 4 is 44.7 Å². The molecule has 0 fully saturated rings. The minimum atomic E-state index is -0.463. The van der Waals surface area contributed by atoms with Crippen LogP contribution in [0.5, 0.6) is 0 Å². The summed E-state index contributed by atoms with van der Waals surface area (Å²) in [6.07, 6.45) is 0. The Kier molecular flexibility index (Phi) is 4.46. The molecule has 0 atom stereocenters. The second kappa shape index (κ2) is 6.11. The van der Waals surface area contributed by atoms with E-state index < -0.39 is 5.82 Å². The molecular weight excluding hydrogens is 343 g/mol. The van der Waals surface area contributed by atoms with E-state index in [-0.39, 0.29) is 10.9 Å². The van der Waals surface area contributed by atoms with Gasteiger partial charge in [-0.05, 0) is 42.5 Å². The smallest absolute Gasteiger partial charge is 0.255 e. The molecule has 3 N–H and O–H groups in total. The quantitative estimate of drug-likeness (QED) is 0.831. The summed E-state index contributed by atoms with van der Waals surface area (Å²) >= 11 is 8.14. The van der Waals surface area contributed by atoms with Crippen molar-refractivity contribution in [3.63, 3.8) is 0 Å². The summed E-state index contributed by atoms with van der Waals surface area (Å²) < 4.78 is 14.1. The summed E-state index contributed by atoms with van der Waals surface area (Å²) in [5.41, 5.74) is 6.68. The van der Waals surface area contributed by atoms with Gasteiger partial charge in [-0.3, -0.25) is 4.79 Å². The Labute approximate surface area is 129 Å². The van der Waals surface area contributed by atoms with Crippen LogP contribution in [-0.2, 0) is 0 Å². The second-order valence-corrected chi connectivity index (χ2v) is 5.37. The third-order valence-electron chi connectivity index (χ3n) is 2.60. The maximum atomic E-state index is 13.2. The fraction of sp³-hybridized carbons (Fsp3) is 0. The number of carbonyl (C=O) groups is 1. The van der Waals surface area contributed by atoms with E-state index in [0.29, 0.717) is 16.8 Å². The molecule has 0 aliphatic rings. The molecule has 2 aromatic carbocycles. The van der Waals surface area contributed by atoms with Gasteiger partial charge in [0, 0.05) is 15.6 Å². The van der Waals surface area contributed by atoms with Crippen molar-refractivity contribution in [1.29, 1.82) is 0 Å². The molecule has 102 valence electrons. The molecule has 2 aromatic rings. The van der Waals surface area contributed by atoms with Crippen molar-refractivity contribution in [1.82, 2.24) is 0 Å². The van der Waals surface area contributed by atoms with E-state index in [1.807, 2.05) is 0 Å². The van der Waals surface area contributed by atoms with E-state index in [4.69, 9.17) is 18.0 Å². The van der Waals surface area contributed by atoms with Crippen LogP contribution in [0, 0.1) is 5.82 Å². The van der Waals surface area contributed by atoms with Crippen molar-refractivity contribution in [3.8, 4) is 0 Å². The van der Waals surface area contributed by atoms with Crippen molar-refractivity contribution in [3.05, 3.63) is 63.9 Å². The number of amides is 1. The highest BCUT2D eigenvalue weighted by Gasteiger charge is 2.11. The molecule has 0 aliphatic heterocycles. The SMILES string of the molecule is NC(=S)c1cc(F)ccc1NC(=O)c1ccc(Br)cc1. The van der Waals surface area contributed by atoms with Gasteiger partial charge in [0.05, 0.1) is 5.69 Å². The van der Waals surface area contributed by atoms with E-state index >= 15 is 0 Å². The summed E-state index contributed by atoms with van der Waals surface area (Å²) in [7, 11) is 0. The normalized spacial score (nSPS) is 10.1. The number of thiocarbonyl (C=S) groups is 1. The number of hydrogen-bond acceptors (Lipinski definition) is 2. The van der Waals surface area contributed by atoms with Crippen LogP contribution in [0.15, 0.2) is 46.9 Å². The van der Waals surface area contributed by atoms with Crippen molar-refractivity contribution in [2.75, 3.05) is 5.32 Å². The Balaban J connectivity index is 2.28. The van der Waals surface area contributed by atoms with E-state index in [9.17, 15) is 9.18 Å². The Hall–Kier alpha value is -1.79. The number of halogens is 2. The maximum absolute atomic E-state index is 13.2. The molecular formula is C14H10BrFN2OS. The molecule has 0 unspecified atom stereocenters. The lowest BCUT2D eigenvalue weighted by Crippen LogP contribution is -2.17. The monoisotopic (exact) mass is 352 g/mol. The lowest BCUT2D eigenvalue weighted by atomic mass is 10.1. The molecule has 0 heterocycles. The zero-order valence-corrected chi connectivity index (χ0v) is 12.6. The summed E-state index contributed by atoms with van der Waals surface area (Å²) in [4.78, 5) is 12.1. The third-order valence-corrected chi connectivity index (χ3v) is 3.35. The first-order chi connectivity index (χ1) is 9.47. The van der Waals surface area contributed by atoms with Gasteiger partial charge in [0.2, 0.25) is 0 Å². The van der Waals surface area contributed by atoms with Gasteiger partial charge < -0.3 is 11.1 Å². The van der Waals surface area contributed by atoms with Crippen LogP contribution in [0.2, 0.25) is 0 Å². The number of benzene rings is 2. The van der Waals surface area contributed by atoms with E-state index in [1.54, 1.807) is 24.3 Å². The third kappa shape index (κ3) is 3.40. The van der Waals surface area contributed by atoms with Crippen molar-refractivity contribution in [2.24, 2.45) is 5.73 Å². The van der Waals surface area contributed by atoms with Crippen LogP contribution < -0.4 is 11.1 Å². The summed E-state index contributed by atoms with van der Waals surface area (Å²) in [5, 5.41) is 2.67. The largest absolute Gasteiger partial charge is 0.389 e. The summed E-state index contributed by atoms with van der Waals surface area (Å²) in [6, 6.07) is 10.7. The van der Waals surface area contributed by atoms with Gasteiger partial charge in [-0.2, -0.15) is 0 Å². The van der Waals surface area contributed by atoms with Crippen LogP contribution in [0.3, 0.4) is 0 Å². The molecule has 0 spiro atoms. The molecule has 0 saturated heterocycles. The van der Waals surface area contributed by atoms with Gasteiger partial charge in [-0.15, -0.1) is 0 Å². The number of hydrogen-bond donors (Lipinski definition) is 2. The number of rotatable bonds is 3. The summed E-state index contributed by atoms with van der Waals surface area (Å²) in [5.74, 6) is -0.781. The standard InChI is InChI=1S/C14H10BrFN2OS/c15-9-3-1-8(2-4-9)14(19)18-12-6-5-10(16)7-11(12)13(17)20/h1-7H,(H2,17,20)(H,18,19). The first kappa shape index (κ1) is 14.6. The Morgan fingerprint density at radius 3 is 2.45 bits per heavy atom. The predicted molar refractivity (Wildman–Crippen MR) is 84.4 cm³/mol. The number of nitrogens with one attached hydrogen (secondary N) is 1. The Bertz CT molecular complexity index is 673. The average molecular weight is 353 g/mol. The maximum Gasteiger partial charge on any atom is 0.255 e. The molecule has 0 aromatic heterocycles. The zero-order chi connectivity index (χ0) is 14.7. The zero-order valence-electron chi connectivity index (χ0n) is 10.2. The molecule has 20 heavy (non-hydrogen) atoms. The topological polar surface area (TPSA) is 55.1 Å². The van der Waals surface area contributed by atoms with Gasteiger partial charge in [0.25, 0.3) is 5.91 Å². The number of carbonyl (C=O) groups excluding carboxylic acids is 1. The molecule has 0 aliphatic carbocycles. The number of anilines is 1. The lowest BCUT2D eigenvalue weighted by Gasteiger charge is -2.10. The first-order valence-electron chi connectivity index (χ1n) is 5.63. The van der Waals surface area contributed by atoms with Gasteiger partial charge in [-0.25, -0.2) is 4.39 Å². The van der Waals surface area contributed by atoms with E-state index in [2.05, 4.69) is 21.2 Å². The Morgan fingerprint density at radius 1 is 1.20 bits per heavy atom. The van der Waals surface area contributed by atoms with Crippen LogP contribution in [-0.4, -0.2) is 10.9 Å². The first-order valence-corrected chi connectivity index (χ1v) is 6.84. The van der Waals surface area contributed by atoms with Crippen LogP contribution in [0.25, 0.3) is 0 Å². The fourth-order valence-electron chi connectivity index (χ4n) is 1.63. The molecule has 0 bridgehead atoms. The van der Waals surface area contributed by atoms with E-state index in [0.717, 1.165) is 4.47 Å². The van der Waals surface area contributed by atoms with Crippen molar-refractivity contribution in [2.45, 2.75) is 0 Å². The predicted octanol–water partition coefficient (Wildman–Crippen LogP) is 3.47. The van der Waals surface area contributed by atoms with Crippen LogP contribution >= 0.6 is 28.1 Å². The Morgan fingerprint density at radius 2 is 1.85 bits per heavy atom. The van der Waals surface area contributed by atoms with Gasteiger partial charge in [-0.1, -0.05) is 28.1 Å². The second-order valence-electron chi connectivity index (χ2n) is 4.02. The molecule has 0 radical (unpaired) electrons. The highest BCUT2D eigenvalue weighted by Crippen LogP contribution is 2.19. The lowest BCUT2D eigenvalue weighted by molar-refractivity contribution is 0.102. The molecule has 2 rings (SSSR count). The molecule has 0 saturated carbocycles.